The molecule has 0 amide bonds. The zero-order valence-electron chi connectivity index (χ0n) is 11.5. The summed E-state index contributed by atoms with van der Waals surface area (Å²) in [6.45, 7) is 0.689. The fraction of sp³-hybridized carbons (Fsp3) is 0.636. The van der Waals surface area contributed by atoms with Gasteiger partial charge in [-0.3, -0.25) is 0 Å². The zero-order chi connectivity index (χ0) is 14.9. The monoisotopic (exact) mass is 301 g/mol. The second-order valence-corrected chi connectivity index (χ2v) is 7.30. The molecule has 1 aliphatic heterocycles. The zero-order valence-corrected chi connectivity index (χ0v) is 12.3. The highest BCUT2D eigenvalue weighted by atomic mass is 32.2. The van der Waals surface area contributed by atoms with Crippen LogP contribution in [0.5, 0.6) is 0 Å². The smallest absolute Gasteiger partial charge is 0.227 e. The molecule has 0 bridgehead atoms. The number of hydrogen-bond acceptors (Lipinski definition) is 7. The molecule has 1 saturated heterocycles. The molecule has 112 valence electrons. The number of rotatable bonds is 4. The molecule has 0 unspecified atom stereocenters. The Morgan fingerprint density at radius 2 is 2.20 bits per heavy atom. The minimum Gasteiger partial charge on any atom is -0.391 e. The van der Waals surface area contributed by atoms with Crippen molar-refractivity contribution in [1.82, 2.24) is 14.3 Å². The largest absolute Gasteiger partial charge is 0.391 e. The molecule has 3 N–H and O–H groups in total. The lowest BCUT2D eigenvalue weighted by Crippen LogP contribution is -2.33. The number of aliphatic hydroxyl groups is 1. The molecule has 1 aliphatic rings. The van der Waals surface area contributed by atoms with Crippen molar-refractivity contribution in [2.24, 2.45) is 5.92 Å². The highest BCUT2D eigenvalue weighted by Crippen LogP contribution is 2.23. The number of hydrogen-bond donors (Lipinski definition) is 2. The van der Waals surface area contributed by atoms with E-state index in [1.165, 1.54) is 24.6 Å². The van der Waals surface area contributed by atoms with E-state index in [-0.39, 0.29) is 11.7 Å². The summed E-state index contributed by atoms with van der Waals surface area (Å²) in [6.07, 6.45) is 0.809. The maximum atomic E-state index is 11.9. The number of nitrogen functional groups attached to an aromatic ring is 1. The highest BCUT2D eigenvalue weighted by molar-refractivity contribution is 7.89. The summed E-state index contributed by atoms with van der Waals surface area (Å²) < 4.78 is 24.9. The molecule has 20 heavy (non-hydrogen) atoms. The second kappa shape index (κ2) is 5.51. The van der Waals surface area contributed by atoms with Gasteiger partial charge in [-0.15, -0.1) is 0 Å². The number of aliphatic hydroxyl groups excluding tert-OH is 1. The Bertz CT molecular complexity index is 577. The Morgan fingerprint density at radius 1 is 1.50 bits per heavy atom. The van der Waals surface area contributed by atoms with Gasteiger partial charge in [-0.25, -0.2) is 17.7 Å². The highest BCUT2D eigenvalue weighted by Gasteiger charge is 2.36. The van der Waals surface area contributed by atoms with Crippen LogP contribution < -0.4 is 10.6 Å². The van der Waals surface area contributed by atoms with E-state index in [0.717, 1.165) is 0 Å². The van der Waals surface area contributed by atoms with Crippen molar-refractivity contribution in [3.05, 3.63) is 12.3 Å². The van der Waals surface area contributed by atoms with E-state index in [1.807, 2.05) is 0 Å². The standard InChI is InChI=1S/C11H19N5O3S/c1-15(2)20(18,19)7-8-5-16(6-9(8)17)11-13-4-3-10(12)14-11/h3-4,8-9,17H,5-7H2,1-2H3,(H2,12,13,14)/t8-,9+/m0/s1. The molecule has 8 nitrogen and oxygen atoms in total. The van der Waals surface area contributed by atoms with Gasteiger partial charge in [-0.1, -0.05) is 0 Å². The molecule has 2 heterocycles. The lowest BCUT2D eigenvalue weighted by molar-refractivity contribution is 0.157. The maximum Gasteiger partial charge on any atom is 0.227 e. The van der Waals surface area contributed by atoms with Gasteiger partial charge in [0.15, 0.2) is 0 Å². The summed E-state index contributed by atoms with van der Waals surface area (Å²) in [7, 11) is -0.384. The van der Waals surface area contributed by atoms with Gasteiger partial charge in [0.1, 0.15) is 5.82 Å². The summed E-state index contributed by atoms with van der Waals surface area (Å²) in [4.78, 5) is 9.91. The maximum absolute atomic E-state index is 11.9. The van der Waals surface area contributed by atoms with Crippen molar-refractivity contribution in [1.29, 1.82) is 0 Å². The van der Waals surface area contributed by atoms with Gasteiger partial charge >= 0.3 is 0 Å². The first kappa shape index (κ1) is 14.9. The van der Waals surface area contributed by atoms with Gasteiger partial charge in [0, 0.05) is 39.3 Å². The quantitative estimate of drug-likeness (QED) is 0.714. The molecule has 1 aromatic rings. The van der Waals surface area contributed by atoms with E-state index in [9.17, 15) is 13.5 Å². The van der Waals surface area contributed by atoms with Crippen molar-refractivity contribution >= 4 is 21.8 Å². The summed E-state index contributed by atoms with van der Waals surface area (Å²) in [5.41, 5.74) is 5.59. The molecule has 2 atom stereocenters. The number of anilines is 2. The summed E-state index contributed by atoms with van der Waals surface area (Å²) in [5, 5.41) is 10.0. The van der Waals surface area contributed by atoms with Crippen molar-refractivity contribution < 1.29 is 13.5 Å². The Kier molecular flexibility index (Phi) is 4.11. The van der Waals surface area contributed by atoms with Crippen LogP contribution in [0.4, 0.5) is 11.8 Å². The van der Waals surface area contributed by atoms with Gasteiger partial charge in [-0.05, 0) is 6.07 Å². The Morgan fingerprint density at radius 3 is 2.80 bits per heavy atom. The first-order chi connectivity index (χ1) is 9.29. The third-order valence-corrected chi connectivity index (χ3v) is 5.30. The lowest BCUT2D eigenvalue weighted by atomic mass is 10.1. The van der Waals surface area contributed by atoms with Crippen molar-refractivity contribution in [2.45, 2.75) is 6.10 Å². The average Bonchev–Trinajstić information content (AvgIpc) is 2.70. The number of nitrogens with zero attached hydrogens (tertiary/aromatic N) is 4. The van der Waals surface area contributed by atoms with Gasteiger partial charge in [0.25, 0.3) is 0 Å². The molecule has 0 radical (unpaired) electrons. The van der Waals surface area contributed by atoms with Gasteiger partial charge in [0.2, 0.25) is 16.0 Å². The van der Waals surface area contributed by atoms with Crippen LogP contribution in [-0.4, -0.2) is 66.8 Å². The molecule has 0 spiro atoms. The number of nitrogens with two attached hydrogens (primary N) is 1. The first-order valence-corrected chi connectivity index (χ1v) is 7.82. The van der Waals surface area contributed by atoms with Crippen LogP contribution in [0.2, 0.25) is 0 Å². The van der Waals surface area contributed by atoms with E-state index >= 15 is 0 Å². The summed E-state index contributed by atoms with van der Waals surface area (Å²) in [5.74, 6) is 0.287. The molecule has 1 aromatic heterocycles. The van der Waals surface area contributed by atoms with Crippen molar-refractivity contribution in [3.63, 3.8) is 0 Å². The third kappa shape index (κ3) is 3.17. The average molecular weight is 301 g/mol. The topological polar surface area (TPSA) is 113 Å². The number of β-amino-alcohol motifs (C(OH)–C–C–N with tert-alkyl or cyclic N) is 1. The van der Waals surface area contributed by atoms with E-state index in [4.69, 9.17) is 5.73 Å². The first-order valence-electron chi connectivity index (χ1n) is 6.21. The molecule has 1 fully saturated rings. The van der Waals surface area contributed by atoms with Crippen LogP contribution in [0, 0.1) is 5.92 Å². The number of aromatic nitrogens is 2. The summed E-state index contributed by atoms with van der Waals surface area (Å²) >= 11 is 0. The normalized spacial score (nSPS) is 23.5. The summed E-state index contributed by atoms with van der Waals surface area (Å²) in [6, 6.07) is 1.57. The van der Waals surface area contributed by atoms with Crippen LogP contribution >= 0.6 is 0 Å². The van der Waals surface area contributed by atoms with Crippen LogP contribution in [-0.2, 0) is 10.0 Å². The molecular formula is C11H19N5O3S. The minimum absolute atomic E-state index is 0.0972. The predicted octanol–water partition coefficient (Wildman–Crippen LogP) is -1.25. The van der Waals surface area contributed by atoms with Crippen LogP contribution in [0.15, 0.2) is 12.3 Å². The van der Waals surface area contributed by atoms with Gasteiger partial charge < -0.3 is 15.7 Å². The Labute approximate surface area is 118 Å². The molecule has 2 rings (SSSR count). The molecule has 0 aromatic carbocycles. The molecule has 9 heteroatoms. The third-order valence-electron chi connectivity index (χ3n) is 3.33. The predicted molar refractivity (Wildman–Crippen MR) is 75.6 cm³/mol. The lowest BCUT2D eigenvalue weighted by Gasteiger charge is -2.17. The second-order valence-electron chi connectivity index (χ2n) is 5.07. The van der Waals surface area contributed by atoms with E-state index in [2.05, 4.69) is 9.97 Å². The minimum atomic E-state index is -3.35. The van der Waals surface area contributed by atoms with Crippen LogP contribution in [0.25, 0.3) is 0 Å². The van der Waals surface area contributed by atoms with Crippen molar-refractivity contribution in [2.75, 3.05) is 43.6 Å². The van der Waals surface area contributed by atoms with Crippen molar-refractivity contribution in [3.8, 4) is 0 Å². The van der Waals surface area contributed by atoms with Crippen LogP contribution in [0.3, 0.4) is 0 Å². The van der Waals surface area contributed by atoms with E-state index in [1.54, 1.807) is 11.0 Å². The Hall–Kier alpha value is -1.45. The van der Waals surface area contributed by atoms with E-state index < -0.39 is 16.1 Å². The van der Waals surface area contributed by atoms with E-state index in [0.29, 0.717) is 24.9 Å². The molecular weight excluding hydrogens is 282 g/mol. The fourth-order valence-corrected chi connectivity index (χ4v) is 3.28. The fourth-order valence-electron chi connectivity index (χ4n) is 2.12. The SMILES string of the molecule is CN(C)S(=O)(=O)C[C@@H]1CN(c2nccc(N)n2)C[C@H]1O. The number of sulfonamides is 1. The van der Waals surface area contributed by atoms with Gasteiger partial charge in [-0.2, -0.15) is 4.98 Å². The Balaban J connectivity index is 2.10. The molecule has 0 aliphatic carbocycles. The van der Waals surface area contributed by atoms with Gasteiger partial charge in [0.05, 0.1) is 11.9 Å². The molecule has 0 saturated carbocycles. The van der Waals surface area contributed by atoms with Crippen LogP contribution in [0.1, 0.15) is 0 Å².